The van der Waals surface area contributed by atoms with E-state index in [4.69, 9.17) is 0 Å². The van der Waals surface area contributed by atoms with Crippen LogP contribution >= 0.6 is 11.3 Å². The Hall–Kier alpha value is -1.66. The first-order valence-electron chi connectivity index (χ1n) is 7.17. The number of amides is 1. The van der Waals surface area contributed by atoms with E-state index in [1.165, 1.54) is 11.3 Å². The summed E-state index contributed by atoms with van der Waals surface area (Å²) in [5, 5.41) is 1.41. The van der Waals surface area contributed by atoms with Crippen molar-refractivity contribution >= 4 is 27.1 Å². The molecule has 1 aromatic carbocycles. The average Bonchev–Trinajstić information content (AvgIpc) is 2.99. The monoisotopic (exact) mass is 335 g/mol. The van der Waals surface area contributed by atoms with Gasteiger partial charge in [-0.05, 0) is 30.0 Å². The first kappa shape index (κ1) is 15.2. The van der Waals surface area contributed by atoms with Crippen LogP contribution in [-0.2, 0) is 9.84 Å². The van der Waals surface area contributed by atoms with Crippen LogP contribution in [0.4, 0.5) is 0 Å². The third-order valence-corrected chi connectivity index (χ3v) is 7.15. The molecule has 22 heavy (non-hydrogen) atoms. The van der Waals surface area contributed by atoms with Crippen LogP contribution in [0.15, 0.2) is 47.8 Å². The van der Waals surface area contributed by atoms with Crippen LogP contribution in [0.5, 0.6) is 0 Å². The molecule has 1 fully saturated rings. The molecule has 1 aromatic heterocycles. The van der Waals surface area contributed by atoms with Crippen molar-refractivity contribution < 1.29 is 13.2 Å². The fourth-order valence-electron chi connectivity index (χ4n) is 2.70. The lowest BCUT2D eigenvalue weighted by Crippen LogP contribution is -2.33. The fraction of sp³-hybridized carbons (Fsp3) is 0.312. The van der Waals surface area contributed by atoms with Gasteiger partial charge in [-0.15, -0.1) is 11.3 Å². The number of benzene rings is 1. The normalized spacial score (nSPS) is 21.3. The molecule has 3 rings (SSSR count). The van der Waals surface area contributed by atoms with Crippen LogP contribution in [0.2, 0.25) is 0 Å². The van der Waals surface area contributed by atoms with Crippen LogP contribution in [0.1, 0.15) is 26.9 Å². The van der Waals surface area contributed by atoms with Crippen molar-refractivity contribution in [3.8, 4) is 0 Å². The van der Waals surface area contributed by atoms with Gasteiger partial charge in [0.15, 0.2) is 9.84 Å². The molecule has 0 saturated carbocycles. The zero-order valence-electron chi connectivity index (χ0n) is 12.0. The molecule has 0 aliphatic carbocycles. The summed E-state index contributed by atoms with van der Waals surface area (Å²) >= 11 is 1.46. The molecule has 4 nitrogen and oxygen atoms in total. The maximum Gasteiger partial charge on any atom is 0.253 e. The van der Waals surface area contributed by atoms with Crippen molar-refractivity contribution in [2.75, 3.05) is 18.8 Å². The quantitative estimate of drug-likeness (QED) is 0.848. The number of rotatable bonds is 2. The van der Waals surface area contributed by atoms with Gasteiger partial charge in [0.1, 0.15) is 0 Å². The van der Waals surface area contributed by atoms with Crippen molar-refractivity contribution in [2.24, 2.45) is 0 Å². The van der Waals surface area contributed by atoms with E-state index in [-0.39, 0.29) is 18.2 Å². The Kier molecular flexibility index (Phi) is 4.31. The Labute approximate surface area is 134 Å². The molecule has 1 atom stereocenters. The Morgan fingerprint density at radius 1 is 1.09 bits per heavy atom. The van der Waals surface area contributed by atoms with E-state index in [2.05, 4.69) is 0 Å². The Balaban J connectivity index is 1.81. The summed E-state index contributed by atoms with van der Waals surface area (Å²) in [5.41, 5.74) is 0.606. The minimum absolute atomic E-state index is 0.0220. The minimum Gasteiger partial charge on any atom is -0.338 e. The van der Waals surface area contributed by atoms with E-state index >= 15 is 0 Å². The number of hydrogen-bond acceptors (Lipinski definition) is 4. The molecule has 1 aliphatic rings. The van der Waals surface area contributed by atoms with Gasteiger partial charge in [-0.2, -0.15) is 0 Å². The van der Waals surface area contributed by atoms with Crippen LogP contribution in [0, 0.1) is 0 Å². The van der Waals surface area contributed by atoms with Crippen molar-refractivity contribution in [3.05, 3.63) is 58.3 Å². The van der Waals surface area contributed by atoms with E-state index in [9.17, 15) is 13.2 Å². The summed E-state index contributed by atoms with van der Waals surface area (Å²) in [6.45, 7) is 0.730. The lowest BCUT2D eigenvalue weighted by Gasteiger charge is -2.19. The van der Waals surface area contributed by atoms with Gasteiger partial charge in [0.25, 0.3) is 5.91 Å². The molecule has 2 aromatic rings. The Bertz CT molecular complexity index is 739. The summed E-state index contributed by atoms with van der Waals surface area (Å²) in [4.78, 5) is 15.0. The highest BCUT2D eigenvalue weighted by Gasteiger charge is 2.33. The maximum absolute atomic E-state index is 12.5. The van der Waals surface area contributed by atoms with Crippen LogP contribution in [0.3, 0.4) is 0 Å². The van der Waals surface area contributed by atoms with Crippen LogP contribution in [-0.4, -0.2) is 38.1 Å². The van der Waals surface area contributed by atoms with Crippen molar-refractivity contribution in [1.29, 1.82) is 0 Å². The standard InChI is InChI=1S/C16H17NO3S2/c18-16(13-5-2-1-3-6-13)17-9-8-15(14-7-4-11-21-14)22(19,20)12-10-17/h1-7,11,15H,8-10,12H2. The summed E-state index contributed by atoms with van der Waals surface area (Å²) in [5.74, 6) is -0.0728. The molecule has 0 N–H and O–H groups in total. The van der Waals surface area contributed by atoms with E-state index in [1.807, 2.05) is 35.7 Å². The zero-order valence-corrected chi connectivity index (χ0v) is 13.6. The predicted octanol–water partition coefficient (Wildman–Crippen LogP) is 2.75. The van der Waals surface area contributed by atoms with Gasteiger partial charge in [0, 0.05) is 23.5 Å². The number of carbonyl (C=O) groups is 1. The summed E-state index contributed by atoms with van der Waals surface area (Å²) in [6, 6.07) is 12.7. The molecule has 0 bridgehead atoms. The van der Waals surface area contributed by atoms with Crippen LogP contribution < -0.4 is 0 Å². The summed E-state index contributed by atoms with van der Waals surface area (Å²) < 4.78 is 24.9. The molecule has 2 heterocycles. The number of hydrogen-bond donors (Lipinski definition) is 0. The van der Waals surface area contributed by atoms with Crippen molar-refractivity contribution in [2.45, 2.75) is 11.7 Å². The molecule has 0 spiro atoms. The Morgan fingerprint density at radius 3 is 2.55 bits per heavy atom. The molecule has 1 unspecified atom stereocenters. The minimum atomic E-state index is -3.22. The van der Waals surface area contributed by atoms with Crippen molar-refractivity contribution in [1.82, 2.24) is 4.90 Å². The van der Waals surface area contributed by atoms with Gasteiger partial charge in [-0.25, -0.2) is 8.42 Å². The lowest BCUT2D eigenvalue weighted by molar-refractivity contribution is 0.0766. The molecular formula is C16H17NO3S2. The Morgan fingerprint density at radius 2 is 1.86 bits per heavy atom. The second kappa shape index (κ2) is 6.22. The van der Waals surface area contributed by atoms with E-state index in [0.717, 1.165) is 4.88 Å². The molecule has 1 aliphatic heterocycles. The fourth-order valence-corrected chi connectivity index (χ4v) is 5.71. The largest absolute Gasteiger partial charge is 0.338 e. The van der Waals surface area contributed by atoms with E-state index in [1.54, 1.807) is 17.0 Å². The van der Waals surface area contributed by atoms with Gasteiger partial charge in [-0.1, -0.05) is 24.3 Å². The highest BCUT2D eigenvalue weighted by molar-refractivity contribution is 7.91. The van der Waals surface area contributed by atoms with E-state index < -0.39 is 15.1 Å². The van der Waals surface area contributed by atoms with Gasteiger partial charge < -0.3 is 4.90 Å². The number of thiophene rings is 1. The van der Waals surface area contributed by atoms with Gasteiger partial charge in [-0.3, -0.25) is 4.79 Å². The van der Waals surface area contributed by atoms with E-state index in [0.29, 0.717) is 18.5 Å². The third-order valence-electron chi connectivity index (χ3n) is 3.91. The zero-order chi connectivity index (χ0) is 15.6. The summed E-state index contributed by atoms with van der Waals surface area (Å²) in [6.07, 6.45) is 0.460. The highest BCUT2D eigenvalue weighted by atomic mass is 32.2. The number of nitrogens with zero attached hydrogens (tertiary/aromatic N) is 1. The summed E-state index contributed by atoms with van der Waals surface area (Å²) in [7, 11) is -3.22. The van der Waals surface area contributed by atoms with Gasteiger partial charge >= 0.3 is 0 Å². The SMILES string of the molecule is O=C(c1ccccc1)N1CCC(c2cccs2)S(=O)(=O)CC1. The maximum atomic E-state index is 12.5. The smallest absolute Gasteiger partial charge is 0.253 e. The first-order chi connectivity index (χ1) is 10.6. The highest BCUT2D eigenvalue weighted by Crippen LogP contribution is 2.32. The lowest BCUT2D eigenvalue weighted by atomic mass is 10.2. The molecule has 0 radical (unpaired) electrons. The second-order valence-corrected chi connectivity index (χ2v) is 8.60. The predicted molar refractivity (Wildman–Crippen MR) is 87.8 cm³/mol. The molecule has 1 amide bonds. The van der Waals surface area contributed by atoms with Crippen LogP contribution in [0.25, 0.3) is 0 Å². The first-order valence-corrected chi connectivity index (χ1v) is 9.77. The third kappa shape index (κ3) is 3.08. The average molecular weight is 335 g/mol. The van der Waals surface area contributed by atoms with Gasteiger partial charge in [0.05, 0.1) is 11.0 Å². The molecular weight excluding hydrogens is 318 g/mol. The molecule has 6 heteroatoms. The van der Waals surface area contributed by atoms with Gasteiger partial charge in [0.2, 0.25) is 0 Å². The number of carbonyl (C=O) groups excluding carboxylic acids is 1. The molecule has 1 saturated heterocycles. The van der Waals surface area contributed by atoms with Crippen molar-refractivity contribution in [3.63, 3.8) is 0 Å². The second-order valence-electron chi connectivity index (χ2n) is 5.32. The topological polar surface area (TPSA) is 54.5 Å². The molecule has 116 valence electrons. The number of sulfone groups is 1.